The molecule has 6 nitrogen and oxygen atoms in total. The van der Waals surface area contributed by atoms with E-state index in [4.69, 9.17) is 11.6 Å². The minimum Gasteiger partial charge on any atom is -0.350 e. The minimum atomic E-state index is -1.28. The van der Waals surface area contributed by atoms with Crippen molar-refractivity contribution in [2.24, 2.45) is 0 Å². The Labute approximate surface area is 140 Å². The smallest absolute Gasteiger partial charge is 0.325 e. The molecule has 1 aromatic carbocycles. The Morgan fingerprint density at radius 1 is 1.30 bits per heavy atom. The maximum Gasteiger partial charge on any atom is 0.325 e. The summed E-state index contributed by atoms with van der Waals surface area (Å²) in [7, 11) is 0. The van der Waals surface area contributed by atoms with Crippen molar-refractivity contribution in [1.82, 2.24) is 15.5 Å². The molecule has 2 N–H and O–H groups in total. The average Bonchev–Trinajstić information content (AvgIpc) is 2.61. The van der Waals surface area contributed by atoms with Crippen LogP contribution in [-0.2, 0) is 15.1 Å². The van der Waals surface area contributed by atoms with Crippen molar-refractivity contribution in [1.29, 1.82) is 0 Å². The van der Waals surface area contributed by atoms with Crippen LogP contribution >= 0.6 is 11.6 Å². The van der Waals surface area contributed by atoms with Gasteiger partial charge in [0.15, 0.2) is 0 Å². The van der Waals surface area contributed by atoms with Crippen LogP contribution in [-0.4, -0.2) is 34.8 Å². The van der Waals surface area contributed by atoms with E-state index in [2.05, 4.69) is 10.6 Å². The maximum absolute atomic E-state index is 12.7. The van der Waals surface area contributed by atoms with Crippen LogP contribution in [0.1, 0.15) is 33.3 Å². The van der Waals surface area contributed by atoms with Gasteiger partial charge in [0.1, 0.15) is 12.1 Å². The predicted molar refractivity (Wildman–Crippen MR) is 86.9 cm³/mol. The van der Waals surface area contributed by atoms with Crippen molar-refractivity contribution in [3.05, 3.63) is 34.9 Å². The average molecular weight is 338 g/mol. The van der Waals surface area contributed by atoms with Gasteiger partial charge in [-0.3, -0.25) is 14.5 Å². The number of benzene rings is 1. The number of carbonyl (C=O) groups excluding carboxylic acids is 3. The van der Waals surface area contributed by atoms with Gasteiger partial charge in [-0.2, -0.15) is 0 Å². The number of urea groups is 1. The first kappa shape index (κ1) is 17.3. The van der Waals surface area contributed by atoms with Crippen LogP contribution in [0.3, 0.4) is 0 Å². The normalized spacial score (nSPS) is 21.3. The van der Waals surface area contributed by atoms with E-state index >= 15 is 0 Å². The number of nitrogens with zero attached hydrogens (tertiary/aromatic N) is 1. The van der Waals surface area contributed by atoms with Gasteiger partial charge in [0.05, 0.1) is 0 Å². The van der Waals surface area contributed by atoms with Crippen molar-refractivity contribution in [3.63, 3.8) is 0 Å². The van der Waals surface area contributed by atoms with E-state index in [0.29, 0.717) is 10.6 Å². The molecule has 1 heterocycles. The minimum absolute atomic E-state index is 0.331. The zero-order chi connectivity index (χ0) is 17.4. The highest BCUT2D eigenvalue weighted by Crippen LogP contribution is 2.33. The van der Waals surface area contributed by atoms with E-state index in [1.165, 1.54) is 0 Å². The van der Waals surface area contributed by atoms with Gasteiger partial charge in [0, 0.05) is 16.1 Å². The van der Waals surface area contributed by atoms with Gasteiger partial charge in [-0.1, -0.05) is 29.8 Å². The summed E-state index contributed by atoms with van der Waals surface area (Å²) in [6.45, 7) is 6.72. The first-order valence-corrected chi connectivity index (χ1v) is 7.62. The first-order chi connectivity index (χ1) is 10.5. The Kier molecular flexibility index (Phi) is 4.39. The van der Waals surface area contributed by atoms with Crippen molar-refractivity contribution in [2.75, 3.05) is 6.54 Å². The van der Waals surface area contributed by atoms with Gasteiger partial charge in [0.25, 0.3) is 5.91 Å². The number of amides is 4. The molecule has 1 aliphatic heterocycles. The van der Waals surface area contributed by atoms with Gasteiger partial charge >= 0.3 is 6.03 Å². The standard InChI is InChI=1S/C16H20ClN3O3/c1-15(2,3)18-12(21)9-20-13(22)16(4,19-14(20)23)10-7-5-6-8-11(10)17/h5-8H,9H2,1-4H3,(H,18,21)(H,19,23). The molecular formula is C16H20ClN3O3. The summed E-state index contributed by atoms with van der Waals surface area (Å²) in [5.41, 5.74) is -1.22. The van der Waals surface area contributed by atoms with Crippen molar-refractivity contribution >= 4 is 29.4 Å². The summed E-state index contributed by atoms with van der Waals surface area (Å²) in [6, 6.07) is 6.20. The lowest BCUT2D eigenvalue weighted by molar-refractivity contribution is -0.135. The first-order valence-electron chi connectivity index (χ1n) is 7.25. The van der Waals surface area contributed by atoms with E-state index in [0.717, 1.165) is 4.90 Å². The van der Waals surface area contributed by atoms with E-state index in [1.807, 2.05) is 20.8 Å². The Morgan fingerprint density at radius 2 is 1.91 bits per heavy atom. The largest absolute Gasteiger partial charge is 0.350 e. The molecule has 1 fully saturated rings. The fourth-order valence-corrected chi connectivity index (χ4v) is 2.82. The maximum atomic E-state index is 12.7. The molecule has 1 saturated heterocycles. The van der Waals surface area contributed by atoms with Gasteiger partial charge in [-0.05, 0) is 33.8 Å². The van der Waals surface area contributed by atoms with Crippen LogP contribution in [0.2, 0.25) is 5.02 Å². The number of hydrogen-bond donors (Lipinski definition) is 2. The summed E-state index contributed by atoms with van der Waals surface area (Å²) in [5, 5.41) is 5.73. The van der Waals surface area contributed by atoms with Crippen molar-refractivity contribution in [3.8, 4) is 0 Å². The highest BCUT2D eigenvalue weighted by Gasteiger charge is 2.50. The lowest BCUT2D eigenvalue weighted by Gasteiger charge is -2.24. The fourth-order valence-electron chi connectivity index (χ4n) is 2.49. The second-order valence-electron chi connectivity index (χ2n) is 6.72. The molecule has 0 saturated carbocycles. The van der Waals surface area contributed by atoms with Gasteiger partial charge in [0.2, 0.25) is 5.91 Å². The highest BCUT2D eigenvalue weighted by molar-refractivity contribution is 6.32. The molecule has 1 aromatic rings. The summed E-state index contributed by atoms with van der Waals surface area (Å²) in [4.78, 5) is 37.8. The third kappa shape index (κ3) is 3.47. The van der Waals surface area contributed by atoms with E-state index in [9.17, 15) is 14.4 Å². The zero-order valence-corrected chi connectivity index (χ0v) is 14.3. The number of halogens is 1. The zero-order valence-electron chi connectivity index (χ0n) is 13.6. The van der Waals surface area contributed by atoms with Crippen LogP contribution in [0.5, 0.6) is 0 Å². The van der Waals surface area contributed by atoms with E-state index in [-0.39, 0.29) is 6.54 Å². The summed E-state index contributed by atoms with van der Waals surface area (Å²) in [5.74, 6) is -0.899. The molecule has 0 aliphatic carbocycles. The molecule has 7 heteroatoms. The second kappa shape index (κ2) is 5.85. The molecule has 23 heavy (non-hydrogen) atoms. The van der Waals surface area contributed by atoms with Crippen molar-refractivity contribution in [2.45, 2.75) is 38.8 Å². The number of imide groups is 1. The molecule has 2 rings (SSSR count). The summed E-state index contributed by atoms with van der Waals surface area (Å²) >= 11 is 6.15. The molecule has 1 aliphatic rings. The van der Waals surface area contributed by atoms with Gasteiger partial charge in [-0.25, -0.2) is 4.79 Å². The molecule has 0 spiro atoms. The SMILES string of the molecule is CC(C)(C)NC(=O)CN1C(=O)NC(C)(c2ccccc2Cl)C1=O. The monoisotopic (exact) mass is 337 g/mol. The fraction of sp³-hybridized carbons (Fsp3) is 0.438. The Balaban J connectivity index is 2.24. The number of nitrogens with one attached hydrogen (secondary N) is 2. The van der Waals surface area contributed by atoms with Gasteiger partial charge in [-0.15, -0.1) is 0 Å². The van der Waals surface area contributed by atoms with Crippen LogP contribution in [0.25, 0.3) is 0 Å². The number of rotatable bonds is 3. The molecule has 0 radical (unpaired) electrons. The topological polar surface area (TPSA) is 78.5 Å². The molecule has 0 aromatic heterocycles. The third-order valence-electron chi connectivity index (χ3n) is 3.50. The lowest BCUT2D eigenvalue weighted by Crippen LogP contribution is -2.48. The van der Waals surface area contributed by atoms with Crippen LogP contribution in [0.15, 0.2) is 24.3 Å². The Morgan fingerprint density at radius 3 is 2.48 bits per heavy atom. The molecule has 124 valence electrons. The molecule has 1 atom stereocenters. The van der Waals surface area contributed by atoms with E-state index < -0.39 is 28.9 Å². The lowest BCUT2D eigenvalue weighted by atomic mass is 9.92. The quantitative estimate of drug-likeness (QED) is 0.828. The van der Waals surface area contributed by atoms with E-state index in [1.54, 1.807) is 31.2 Å². The summed E-state index contributed by atoms with van der Waals surface area (Å²) in [6.07, 6.45) is 0. The number of carbonyl (C=O) groups is 3. The van der Waals surface area contributed by atoms with Gasteiger partial charge < -0.3 is 10.6 Å². The molecular weight excluding hydrogens is 318 g/mol. The Bertz CT molecular complexity index is 669. The summed E-state index contributed by atoms with van der Waals surface area (Å²) < 4.78 is 0. The second-order valence-corrected chi connectivity index (χ2v) is 7.13. The molecule has 0 bridgehead atoms. The van der Waals surface area contributed by atoms with Crippen LogP contribution in [0, 0.1) is 0 Å². The van der Waals surface area contributed by atoms with Crippen LogP contribution in [0.4, 0.5) is 4.79 Å². The van der Waals surface area contributed by atoms with Crippen molar-refractivity contribution < 1.29 is 14.4 Å². The highest BCUT2D eigenvalue weighted by atomic mass is 35.5. The van der Waals surface area contributed by atoms with Crippen LogP contribution < -0.4 is 10.6 Å². The molecule has 4 amide bonds. The third-order valence-corrected chi connectivity index (χ3v) is 3.83. The molecule has 1 unspecified atom stereocenters. The number of hydrogen-bond acceptors (Lipinski definition) is 3. The Hall–Kier alpha value is -2.08. The predicted octanol–water partition coefficient (Wildman–Crippen LogP) is 2.02.